The number of rotatable bonds is 2. The van der Waals surface area contributed by atoms with Gasteiger partial charge in [0.15, 0.2) is 0 Å². The van der Waals surface area contributed by atoms with E-state index in [2.05, 4.69) is 17.9 Å². The van der Waals surface area contributed by atoms with Crippen molar-refractivity contribution < 1.29 is 9.84 Å². The Labute approximate surface area is 90.3 Å². The zero-order valence-electron chi connectivity index (χ0n) is 9.18. The van der Waals surface area contributed by atoms with Gasteiger partial charge in [-0.25, -0.2) is 0 Å². The number of likely N-dealkylation sites (N-methyl/N-ethyl adjacent to an activating group) is 1. The van der Waals surface area contributed by atoms with Gasteiger partial charge in [0.25, 0.3) is 0 Å². The highest BCUT2D eigenvalue weighted by Gasteiger charge is 2.27. The number of hydrogen-bond donors (Lipinski definition) is 1. The predicted octanol–water partition coefficient (Wildman–Crippen LogP) is 1.65. The second-order valence-electron chi connectivity index (χ2n) is 3.90. The number of aliphatic hydroxyl groups is 1. The van der Waals surface area contributed by atoms with Crippen molar-refractivity contribution in [1.29, 1.82) is 0 Å². The van der Waals surface area contributed by atoms with E-state index in [-0.39, 0.29) is 6.10 Å². The first-order valence-electron chi connectivity index (χ1n) is 5.41. The summed E-state index contributed by atoms with van der Waals surface area (Å²) in [6.45, 7) is 5.57. The van der Waals surface area contributed by atoms with Gasteiger partial charge in [0.2, 0.25) is 0 Å². The maximum absolute atomic E-state index is 9.56. The van der Waals surface area contributed by atoms with Crippen LogP contribution < -0.4 is 9.64 Å². The Hall–Kier alpha value is -1.22. The quantitative estimate of drug-likeness (QED) is 0.800. The van der Waals surface area contributed by atoms with Crippen LogP contribution in [0.25, 0.3) is 0 Å². The molecule has 0 bridgehead atoms. The van der Waals surface area contributed by atoms with E-state index in [9.17, 15) is 5.11 Å². The molecule has 3 nitrogen and oxygen atoms in total. The van der Waals surface area contributed by atoms with Gasteiger partial charge in [-0.2, -0.15) is 0 Å². The molecule has 0 fully saturated rings. The summed E-state index contributed by atoms with van der Waals surface area (Å²) in [5.74, 6) is 0.872. The van der Waals surface area contributed by atoms with Crippen molar-refractivity contribution >= 4 is 5.69 Å². The first-order chi connectivity index (χ1) is 7.22. The molecule has 0 aromatic heterocycles. The number of nitrogens with zero attached hydrogens (tertiary/aromatic N) is 1. The second-order valence-corrected chi connectivity index (χ2v) is 3.90. The summed E-state index contributed by atoms with van der Waals surface area (Å²) >= 11 is 0. The average Bonchev–Trinajstić information content (AvgIpc) is 2.27. The van der Waals surface area contributed by atoms with Gasteiger partial charge in [-0.1, -0.05) is 12.1 Å². The lowest BCUT2D eigenvalue weighted by Crippen LogP contribution is -2.45. The Morgan fingerprint density at radius 3 is 2.93 bits per heavy atom. The molecule has 1 aromatic rings. The van der Waals surface area contributed by atoms with Crippen molar-refractivity contribution in [3.05, 3.63) is 24.3 Å². The van der Waals surface area contributed by atoms with Crippen LogP contribution in [0.2, 0.25) is 0 Å². The van der Waals surface area contributed by atoms with Crippen molar-refractivity contribution in [2.24, 2.45) is 0 Å². The fourth-order valence-corrected chi connectivity index (χ4v) is 1.88. The molecule has 2 unspecified atom stereocenters. The summed E-state index contributed by atoms with van der Waals surface area (Å²) in [7, 11) is 0. The molecule has 0 aliphatic carbocycles. The van der Waals surface area contributed by atoms with Crippen molar-refractivity contribution in [3.8, 4) is 5.75 Å². The minimum Gasteiger partial charge on any atom is -0.484 e. The molecule has 3 heteroatoms. The molecule has 0 saturated carbocycles. The summed E-state index contributed by atoms with van der Waals surface area (Å²) in [6, 6.07) is 7.97. The first kappa shape index (κ1) is 10.3. The summed E-state index contributed by atoms with van der Waals surface area (Å²) in [6.07, 6.45) is -0.563. The lowest BCUT2D eigenvalue weighted by atomic mass is 10.1. The molecule has 0 spiro atoms. The minimum atomic E-state index is -0.438. The van der Waals surface area contributed by atoms with Crippen LogP contribution in [-0.4, -0.2) is 30.4 Å². The van der Waals surface area contributed by atoms with Crippen LogP contribution >= 0.6 is 0 Å². The Morgan fingerprint density at radius 2 is 2.27 bits per heavy atom. The van der Waals surface area contributed by atoms with Crippen LogP contribution in [0, 0.1) is 0 Å². The van der Waals surface area contributed by atoms with E-state index in [4.69, 9.17) is 4.74 Å². The van der Waals surface area contributed by atoms with E-state index in [0.29, 0.717) is 0 Å². The molecule has 1 aromatic carbocycles. The summed E-state index contributed by atoms with van der Waals surface area (Å²) in [5, 5.41) is 9.56. The van der Waals surface area contributed by atoms with Gasteiger partial charge in [0.05, 0.1) is 18.3 Å². The van der Waals surface area contributed by atoms with Gasteiger partial charge < -0.3 is 14.7 Å². The lowest BCUT2D eigenvalue weighted by molar-refractivity contribution is 0.0476. The molecule has 15 heavy (non-hydrogen) atoms. The normalized spacial score (nSPS) is 21.8. The average molecular weight is 207 g/mol. The lowest BCUT2D eigenvalue weighted by Gasteiger charge is -2.36. The maximum atomic E-state index is 9.56. The van der Waals surface area contributed by atoms with Gasteiger partial charge in [0, 0.05) is 6.54 Å². The van der Waals surface area contributed by atoms with Gasteiger partial charge in [-0.05, 0) is 26.0 Å². The highest BCUT2D eigenvalue weighted by atomic mass is 16.5. The molecule has 0 amide bonds. The molecule has 2 atom stereocenters. The van der Waals surface area contributed by atoms with Crippen LogP contribution in [0.4, 0.5) is 5.69 Å². The van der Waals surface area contributed by atoms with E-state index < -0.39 is 6.10 Å². The van der Waals surface area contributed by atoms with Crippen molar-refractivity contribution in [3.63, 3.8) is 0 Å². The zero-order chi connectivity index (χ0) is 10.8. The molecule has 1 aliphatic rings. The largest absolute Gasteiger partial charge is 0.484 e. The fraction of sp³-hybridized carbons (Fsp3) is 0.500. The molecule has 1 N–H and O–H groups in total. The van der Waals surface area contributed by atoms with Crippen LogP contribution in [0.1, 0.15) is 13.8 Å². The number of anilines is 1. The first-order valence-corrected chi connectivity index (χ1v) is 5.41. The minimum absolute atomic E-state index is 0.125. The number of fused-ring (bicyclic) bond motifs is 1. The number of hydrogen-bond acceptors (Lipinski definition) is 3. The molecule has 0 radical (unpaired) electrons. The van der Waals surface area contributed by atoms with E-state index in [1.54, 1.807) is 6.92 Å². The summed E-state index contributed by atoms with van der Waals surface area (Å²) in [4.78, 5) is 2.23. The smallest absolute Gasteiger partial charge is 0.143 e. The Balaban J connectivity index is 2.30. The summed E-state index contributed by atoms with van der Waals surface area (Å²) < 4.78 is 5.73. The zero-order valence-corrected chi connectivity index (χ0v) is 9.18. The molecule has 1 heterocycles. The number of benzene rings is 1. The van der Waals surface area contributed by atoms with Crippen LogP contribution in [0.5, 0.6) is 5.75 Å². The Morgan fingerprint density at radius 1 is 1.53 bits per heavy atom. The molecule has 2 rings (SSSR count). The molecule has 1 aliphatic heterocycles. The number of aliphatic hydroxyl groups excluding tert-OH is 1. The number of para-hydroxylation sites is 2. The molecule has 0 saturated heterocycles. The topological polar surface area (TPSA) is 32.7 Å². The highest BCUT2D eigenvalue weighted by Crippen LogP contribution is 2.33. The molecule has 82 valence electrons. The molecular formula is C12H17NO2. The Kier molecular flexibility index (Phi) is 2.82. The summed E-state index contributed by atoms with van der Waals surface area (Å²) in [5.41, 5.74) is 1.12. The van der Waals surface area contributed by atoms with E-state index >= 15 is 0 Å². The van der Waals surface area contributed by atoms with Crippen LogP contribution in [0.3, 0.4) is 0 Å². The monoisotopic (exact) mass is 207 g/mol. The third kappa shape index (κ3) is 1.92. The van der Waals surface area contributed by atoms with Crippen molar-refractivity contribution in [2.45, 2.75) is 26.1 Å². The van der Waals surface area contributed by atoms with Gasteiger partial charge in [0.1, 0.15) is 11.9 Å². The fourth-order valence-electron chi connectivity index (χ4n) is 1.88. The van der Waals surface area contributed by atoms with Gasteiger partial charge in [-0.3, -0.25) is 0 Å². The van der Waals surface area contributed by atoms with Crippen LogP contribution in [-0.2, 0) is 0 Å². The SMILES string of the molecule is CCN1CC(C(C)O)Oc2ccccc21. The predicted molar refractivity (Wildman–Crippen MR) is 60.4 cm³/mol. The highest BCUT2D eigenvalue weighted by molar-refractivity contribution is 5.60. The molecular weight excluding hydrogens is 190 g/mol. The maximum Gasteiger partial charge on any atom is 0.143 e. The Bertz CT molecular complexity index is 338. The van der Waals surface area contributed by atoms with E-state index in [1.807, 2.05) is 18.2 Å². The van der Waals surface area contributed by atoms with E-state index in [0.717, 1.165) is 24.5 Å². The van der Waals surface area contributed by atoms with Gasteiger partial charge in [-0.15, -0.1) is 0 Å². The second kappa shape index (κ2) is 4.11. The van der Waals surface area contributed by atoms with E-state index in [1.165, 1.54) is 0 Å². The number of ether oxygens (including phenoxy) is 1. The van der Waals surface area contributed by atoms with Crippen LogP contribution in [0.15, 0.2) is 24.3 Å². The third-order valence-corrected chi connectivity index (χ3v) is 2.80. The van der Waals surface area contributed by atoms with Crippen molar-refractivity contribution in [1.82, 2.24) is 0 Å². The third-order valence-electron chi connectivity index (χ3n) is 2.80. The van der Waals surface area contributed by atoms with Crippen molar-refractivity contribution in [2.75, 3.05) is 18.0 Å². The standard InChI is InChI=1S/C12H17NO2/c1-3-13-8-12(9(2)14)15-11-7-5-4-6-10(11)13/h4-7,9,12,14H,3,8H2,1-2H3. The van der Waals surface area contributed by atoms with Gasteiger partial charge >= 0.3 is 0 Å².